The van der Waals surface area contributed by atoms with E-state index in [1.54, 1.807) is 36.4 Å². The lowest BCUT2D eigenvalue weighted by molar-refractivity contribution is -0.137. The van der Waals surface area contributed by atoms with Gasteiger partial charge in [-0.25, -0.2) is 29.9 Å². The average molecular weight is 1510 g/mol. The zero-order chi connectivity index (χ0) is 78.2. The quantitative estimate of drug-likeness (QED) is 0.101. The SMILES string of the molecule is Cc1ccccc1-c1ccc2c(c1)c1cc(-c3ccc(-c4cccc(C(F)(F)F)c4-c4ccc(-c5nc(-c6ccccc6)nc(-c6ccccc6)n5)c(-n5c6ccccc6c6ccc(-c7ccccc7C)cc65)c4)cc3C)ccc1n2-c1cc(-c2ccccc2C(F)(F)F)ccc1-c1nc(-c2ccccc2)nc(-c2ccccc2)n1. The molecule has 8 nitrogen and oxygen atoms in total. The molecule has 0 bridgehead atoms. The van der Waals surface area contributed by atoms with Crippen molar-refractivity contribution in [2.24, 2.45) is 0 Å². The number of fused-ring (bicyclic) bond motifs is 6. The normalized spacial score (nSPS) is 11.9. The molecule has 0 aliphatic rings. The fourth-order valence-corrected chi connectivity index (χ4v) is 16.3. The summed E-state index contributed by atoms with van der Waals surface area (Å²) in [5, 5.41) is 3.56. The maximum atomic E-state index is 16.4. The lowest BCUT2D eigenvalue weighted by Crippen LogP contribution is -2.09. The topological polar surface area (TPSA) is 87.2 Å². The van der Waals surface area contributed by atoms with Crippen LogP contribution >= 0.6 is 0 Å². The number of para-hydroxylation sites is 1. The van der Waals surface area contributed by atoms with Gasteiger partial charge < -0.3 is 9.13 Å². The lowest BCUT2D eigenvalue weighted by atomic mass is 9.87. The standard InChI is InChI=1S/C101H66F6N8/c1-61-25-16-18-35-74(61)69-47-53-88-83(56-69)84-57-70(48-54-89(84)114(88)91-59-72(77-37-20-22-40-85(77)100(102,103)104)45-51-81(91)98-110-94(64-27-8-4-9-28-64)108-95(111-98)65-29-10-5-11-30-65)76-49-43-68(55-63(76)3)78-39-24-41-86(101(105,106)107)93(78)73-46-52-82(99-112-96(66-31-12-6-13-32-66)109-97(113-99)67-33-14-7-15-34-67)92(60-73)115-87-42-23-21-38-79(87)80-50-44-71(58-90(80)115)75-36-19-17-26-62(75)2/h4-60H,1-3H3. The molecule has 4 heterocycles. The number of rotatable bonds is 14. The van der Waals surface area contributed by atoms with Crippen molar-refractivity contribution in [2.45, 2.75) is 33.1 Å². The number of hydrogen-bond donors (Lipinski definition) is 0. The van der Waals surface area contributed by atoms with Gasteiger partial charge in [-0.05, 0) is 171 Å². The third kappa shape index (κ3) is 13.0. The molecular weight excluding hydrogens is 1440 g/mol. The molecular formula is C101H66F6N8. The molecule has 0 spiro atoms. The van der Waals surface area contributed by atoms with Gasteiger partial charge in [0.05, 0.1) is 44.6 Å². The van der Waals surface area contributed by atoms with E-state index in [1.165, 1.54) is 18.2 Å². The summed E-state index contributed by atoms with van der Waals surface area (Å²) in [5.41, 5.74) is 16.7. The van der Waals surface area contributed by atoms with Gasteiger partial charge in [0, 0.05) is 60.5 Å². The van der Waals surface area contributed by atoms with Crippen LogP contribution in [0, 0.1) is 20.8 Å². The first kappa shape index (κ1) is 70.9. The summed E-state index contributed by atoms with van der Waals surface area (Å²) in [6.45, 7) is 6.12. The summed E-state index contributed by atoms with van der Waals surface area (Å²) in [5.74, 6) is 2.27. The second kappa shape index (κ2) is 28.7. The third-order valence-corrected chi connectivity index (χ3v) is 21.8. The van der Waals surface area contributed by atoms with Crippen LogP contribution in [0.2, 0.25) is 0 Å². The minimum Gasteiger partial charge on any atom is -0.308 e. The van der Waals surface area contributed by atoms with E-state index in [0.717, 1.165) is 128 Å². The van der Waals surface area contributed by atoms with Gasteiger partial charge in [-0.2, -0.15) is 26.3 Å². The molecule has 0 fully saturated rings. The molecule has 0 N–H and O–H groups in total. The number of halogens is 6. The second-order valence-electron chi connectivity index (χ2n) is 28.9. The molecule has 0 aliphatic heterocycles. The summed E-state index contributed by atoms with van der Waals surface area (Å²) in [4.78, 5) is 30.9. The Morgan fingerprint density at radius 2 is 0.548 bits per heavy atom. The Bertz CT molecular complexity index is 6920. The highest BCUT2D eigenvalue weighted by Crippen LogP contribution is 2.49. The van der Waals surface area contributed by atoms with Gasteiger partial charge in [0.15, 0.2) is 34.9 Å². The van der Waals surface area contributed by atoms with E-state index in [1.807, 2.05) is 213 Å². The maximum absolute atomic E-state index is 16.4. The molecule has 115 heavy (non-hydrogen) atoms. The van der Waals surface area contributed by atoms with Crippen molar-refractivity contribution in [1.29, 1.82) is 0 Å². The Morgan fingerprint density at radius 1 is 0.209 bits per heavy atom. The Kier molecular flexibility index (Phi) is 17.7. The number of alkyl halides is 6. The monoisotopic (exact) mass is 1500 g/mol. The first-order valence-corrected chi connectivity index (χ1v) is 37.8. The second-order valence-corrected chi connectivity index (χ2v) is 28.9. The van der Waals surface area contributed by atoms with Crippen molar-refractivity contribution < 1.29 is 26.3 Å². The molecule has 552 valence electrons. The predicted octanol–water partition coefficient (Wildman–Crippen LogP) is 27.2. The van der Waals surface area contributed by atoms with Gasteiger partial charge >= 0.3 is 12.4 Å². The van der Waals surface area contributed by atoms with Gasteiger partial charge in [-0.3, -0.25) is 0 Å². The zero-order valence-electron chi connectivity index (χ0n) is 62.3. The van der Waals surface area contributed by atoms with Crippen LogP contribution in [0.1, 0.15) is 27.8 Å². The van der Waals surface area contributed by atoms with E-state index in [9.17, 15) is 0 Å². The van der Waals surface area contributed by atoms with Crippen LogP contribution in [0.4, 0.5) is 26.3 Å². The first-order valence-electron chi connectivity index (χ1n) is 37.8. The smallest absolute Gasteiger partial charge is 0.308 e. The van der Waals surface area contributed by atoms with Crippen LogP contribution in [0.15, 0.2) is 346 Å². The Balaban J connectivity index is 0.806. The zero-order valence-corrected chi connectivity index (χ0v) is 62.3. The fourth-order valence-electron chi connectivity index (χ4n) is 16.3. The fraction of sp³-hybridized carbons (Fsp3) is 0.0495. The number of nitrogens with zero attached hydrogens (tertiary/aromatic N) is 8. The molecule has 0 unspecified atom stereocenters. The number of aryl methyl sites for hydroxylation is 3. The summed E-state index contributed by atoms with van der Waals surface area (Å²) in [6.07, 6.45) is -9.50. The first-order chi connectivity index (χ1) is 56.0. The van der Waals surface area contributed by atoms with Crippen molar-refractivity contribution in [1.82, 2.24) is 39.0 Å². The Labute approximate surface area is 658 Å². The lowest BCUT2D eigenvalue weighted by Gasteiger charge is -2.21. The van der Waals surface area contributed by atoms with Crippen molar-refractivity contribution in [3.8, 4) is 146 Å². The predicted molar refractivity (Wildman–Crippen MR) is 451 cm³/mol. The van der Waals surface area contributed by atoms with Gasteiger partial charge in [0.1, 0.15) is 0 Å². The molecule has 0 saturated heterocycles. The Hall–Kier alpha value is -14.5. The van der Waals surface area contributed by atoms with Gasteiger partial charge in [0.2, 0.25) is 0 Å². The van der Waals surface area contributed by atoms with Crippen LogP contribution in [-0.4, -0.2) is 39.0 Å². The molecule has 0 amide bonds. The molecule has 0 radical (unpaired) electrons. The van der Waals surface area contributed by atoms with Gasteiger partial charge in [-0.1, -0.05) is 273 Å². The van der Waals surface area contributed by atoms with Crippen LogP contribution in [0.25, 0.3) is 190 Å². The summed E-state index contributed by atoms with van der Waals surface area (Å²) < 4.78 is 99.1. The minimum atomic E-state index is -4.82. The maximum Gasteiger partial charge on any atom is 0.417 e. The number of aromatic nitrogens is 8. The molecule has 14 heteroatoms. The third-order valence-electron chi connectivity index (χ3n) is 21.8. The van der Waals surface area contributed by atoms with E-state index >= 15 is 26.3 Å². The number of benzene rings is 15. The number of hydrogen-bond acceptors (Lipinski definition) is 6. The molecule has 15 aromatic carbocycles. The molecule has 0 aliphatic carbocycles. The minimum absolute atomic E-state index is 0.00360. The highest BCUT2D eigenvalue weighted by Gasteiger charge is 2.37. The molecule has 0 saturated carbocycles. The average Bonchev–Trinajstić information content (AvgIpc) is 1.68. The molecule has 4 aromatic heterocycles. The van der Waals surface area contributed by atoms with E-state index in [0.29, 0.717) is 79.7 Å². The molecule has 19 aromatic rings. The van der Waals surface area contributed by atoms with Crippen molar-refractivity contribution in [3.63, 3.8) is 0 Å². The Morgan fingerprint density at radius 3 is 1.04 bits per heavy atom. The summed E-state index contributed by atoms with van der Waals surface area (Å²) in [7, 11) is 0. The summed E-state index contributed by atoms with van der Waals surface area (Å²) in [6, 6.07) is 108. The van der Waals surface area contributed by atoms with Gasteiger partial charge in [0.25, 0.3) is 0 Å². The van der Waals surface area contributed by atoms with E-state index in [-0.39, 0.29) is 11.1 Å². The van der Waals surface area contributed by atoms with E-state index in [2.05, 4.69) is 95.8 Å². The van der Waals surface area contributed by atoms with Crippen molar-refractivity contribution >= 4 is 43.6 Å². The molecule has 0 atom stereocenters. The van der Waals surface area contributed by atoms with Crippen LogP contribution < -0.4 is 0 Å². The van der Waals surface area contributed by atoms with Crippen LogP contribution in [0.3, 0.4) is 0 Å². The largest absolute Gasteiger partial charge is 0.417 e. The van der Waals surface area contributed by atoms with Crippen LogP contribution in [-0.2, 0) is 12.4 Å². The van der Waals surface area contributed by atoms with E-state index in [4.69, 9.17) is 29.9 Å². The molecule has 19 rings (SSSR count). The van der Waals surface area contributed by atoms with E-state index < -0.39 is 23.5 Å². The highest BCUT2D eigenvalue weighted by atomic mass is 19.4. The van der Waals surface area contributed by atoms with Crippen LogP contribution in [0.5, 0.6) is 0 Å². The highest BCUT2D eigenvalue weighted by molar-refractivity contribution is 6.13. The van der Waals surface area contributed by atoms with Crippen molar-refractivity contribution in [2.75, 3.05) is 0 Å². The summed E-state index contributed by atoms with van der Waals surface area (Å²) >= 11 is 0. The van der Waals surface area contributed by atoms with Crippen molar-refractivity contribution in [3.05, 3.63) is 374 Å². The van der Waals surface area contributed by atoms with Gasteiger partial charge in [-0.15, -0.1) is 0 Å².